The summed E-state index contributed by atoms with van der Waals surface area (Å²) in [5, 5.41) is 37.8. The minimum atomic E-state index is -5.08. The van der Waals surface area contributed by atoms with Crippen LogP contribution in [0.25, 0.3) is 0 Å². The second kappa shape index (κ2) is 10.2. The van der Waals surface area contributed by atoms with E-state index < -0.39 is 41.4 Å². The molecule has 1 saturated heterocycles. The number of rotatable bonds is 5. The number of alkyl halides is 3. The van der Waals surface area contributed by atoms with Crippen LogP contribution in [0.2, 0.25) is 6.32 Å². The van der Waals surface area contributed by atoms with Crippen molar-refractivity contribution in [1.29, 1.82) is 0 Å². The molecule has 1 aromatic heterocycles. The molecule has 0 spiro atoms. The Balaban J connectivity index is 0.000000454. The largest absolute Gasteiger partial charge is 0.618 e. The Hall–Kier alpha value is -3.57. The number of fused-ring (bicyclic) bond motifs is 1. The summed E-state index contributed by atoms with van der Waals surface area (Å²) >= 11 is 0. The van der Waals surface area contributed by atoms with Gasteiger partial charge in [0.1, 0.15) is 23.2 Å². The monoisotopic (exact) mass is 534 g/mol. The number of nitrogens with zero attached hydrogens (tertiary/aromatic N) is 2. The standard InChI is InChI=1S/C17H17BN2O8S.C2HF3O2/c21-17(22)15-13(5-4-11-6-7-18(23)28-16(11)15)27-12-9-19(10-12)29(25,26)14-3-1-2-8-20(14)24;3-2(4,5)1(6)7/h1-5,8,12,23H,6-7,9-10H2,(H,21,22);(H,6,7). The molecular formula is C19H18BF3N2O10S. The fourth-order valence-electron chi connectivity index (χ4n) is 3.31. The SMILES string of the molecule is O=C(O)C(F)(F)F.O=C(O)c1c(OC2CN(S(=O)(=O)c3cccc[n+]3[O-])C2)ccc2c1OB(O)CC2. The van der Waals surface area contributed by atoms with E-state index in [2.05, 4.69) is 0 Å². The molecule has 0 amide bonds. The summed E-state index contributed by atoms with van der Waals surface area (Å²) in [6.45, 7) is -0.0618. The first-order chi connectivity index (χ1) is 16.7. The van der Waals surface area contributed by atoms with Gasteiger partial charge in [-0.05, 0) is 30.4 Å². The van der Waals surface area contributed by atoms with Gasteiger partial charge in [-0.3, -0.25) is 0 Å². The number of aliphatic carboxylic acids is 1. The third-order valence-corrected chi connectivity index (χ3v) is 6.90. The molecule has 0 atom stereocenters. The van der Waals surface area contributed by atoms with E-state index in [0.29, 0.717) is 18.3 Å². The van der Waals surface area contributed by atoms with Crippen molar-refractivity contribution in [3.63, 3.8) is 0 Å². The van der Waals surface area contributed by atoms with Gasteiger partial charge in [-0.25, -0.2) is 18.0 Å². The highest BCUT2D eigenvalue weighted by Crippen LogP contribution is 2.37. The number of aromatic carboxylic acids is 1. The van der Waals surface area contributed by atoms with Crippen molar-refractivity contribution >= 4 is 29.1 Å². The van der Waals surface area contributed by atoms with Crippen LogP contribution in [0.15, 0.2) is 41.6 Å². The molecule has 0 bridgehead atoms. The van der Waals surface area contributed by atoms with Gasteiger partial charge in [0.15, 0.2) is 6.20 Å². The van der Waals surface area contributed by atoms with E-state index in [1.165, 1.54) is 24.3 Å². The first-order valence-electron chi connectivity index (χ1n) is 10.1. The highest BCUT2D eigenvalue weighted by atomic mass is 32.2. The van der Waals surface area contributed by atoms with E-state index in [0.717, 1.165) is 10.5 Å². The first-order valence-corrected chi connectivity index (χ1v) is 11.5. The van der Waals surface area contributed by atoms with E-state index in [9.17, 15) is 41.7 Å². The lowest BCUT2D eigenvalue weighted by molar-refractivity contribution is -0.646. The molecule has 0 unspecified atom stereocenters. The van der Waals surface area contributed by atoms with Crippen molar-refractivity contribution < 1.29 is 60.5 Å². The van der Waals surface area contributed by atoms with Gasteiger partial charge in [0, 0.05) is 12.1 Å². The molecule has 1 fully saturated rings. The van der Waals surface area contributed by atoms with Gasteiger partial charge in [0.2, 0.25) is 0 Å². The number of pyridine rings is 1. The molecule has 3 N–H and O–H groups in total. The summed E-state index contributed by atoms with van der Waals surface area (Å²) in [4.78, 5) is 20.6. The van der Waals surface area contributed by atoms with Gasteiger partial charge in [-0.1, -0.05) is 6.07 Å². The Labute approximate surface area is 201 Å². The number of carboxylic acid groups (broad SMARTS) is 2. The van der Waals surface area contributed by atoms with Crippen molar-refractivity contribution in [1.82, 2.24) is 4.31 Å². The quantitative estimate of drug-likeness (QED) is 0.278. The van der Waals surface area contributed by atoms with E-state index in [-0.39, 0.29) is 39.9 Å². The summed E-state index contributed by atoms with van der Waals surface area (Å²) in [5.74, 6) is -3.93. The molecule has 194 valence electrons. The van der Waals surface area contributed by atoms with Gasteiger partial charge in [-0.15, -0.1) is 0 Å². The van der Waals surface area contributed by atoms with Gasteiger partial charge in [0.25, 0.3) is 0 Å². The van der Waals surface area contributed by atoms with Crippen LogP contribution in [0.5, 0.6) is 11.5 Å². The van der Waals surface area contributed by atoms with E-state index in [1.807, 2.05) is 0 Å². The number of ether oxygens (including phenoxy) is 1. The van der Waals surface area contributed by atoms with Crippen LogP contribution in [0, 0.1) is 5.21 Å². The average Bonchev–Trinajstić information content (AvgIpc) is 2.75. The Morgan fingerprint density at radius 3 is 2.39 bits per heavy atom. The summed E-state index contributed by atoms with van der Waals surface area (Å²) in [7, 11) is -5.07. The zero-order valence-corrected chi connectivity index (χ0v) is 18.9. The minimum absolute atomic E-state index is 0.0309. The smallest absolute Gasteiger partial charge is 0.522 e. The maximum absolute atomic E-state index is 12.5. The van der Waals surface area contributed by atoms with Crippen LogP contribution in [-0.2, 0) is 21.2 Å². The summed E-state index contributed by atoms with van der Waals surface area (Å²) < 4.78 is 69.2. The van der Waals surface area contributed by atoms with Crippen molar-refractivity contribution in [2.24, 2.45) is 0 Å². The maximum Gasteiger partial charge on any atom is 0.522 e. The van der Waals surface area contributed by atoms with Crippen molar-refractivity contribution in [2.45, 2.75) is 30.0 Å². The van der Waals surface area contributed by atoms with Crippen molar-refractivity contribution in [3.05, 3.63) is 52.9 Å². The third kappa shape index (κ3) is 5.80. The highest BCUT2D eigenvalue weighted by molar-refractivity contribution is 7.89. The second-order valence-electron chi connectivity index (χ2n) is 7.57. The van der Waals surface area contributed by atoms with E-state index in [4.69, 9.17) is 19.3 Å². The predicted octanol–water partition coefficient (Wildman–Crippen LogP) is 0.519. The molecule has 1 aromatic carbocycles. The molecule has 4 rings (SSSR count). The van der Waals surface area contributed by atoms with Crippen LogP contribution >= 0.6 is 0 Å². The van der Waals surface area contributed by atoms with Crippen LogP contribution in [0.4, 0.5) is 13.2 Å². The summed E-state index contributed by atoms with van der Waals surface area (Å²) in [6, 6.07) is 7.27. The Bertz CT molecular complexity index is 1270. The molecule has 17 heteroatoms. The normalized spacial score (nSPS) is 16.1. The molecule has 2 aliphatic rings. The molecule has 3 heterocycles. The fourth-order valence-corrected chi connectivity index (χ4v) is 4.84. The molecule has 0 aliphatic carbocycles. The Morgan fingerprint density at radius 1 is 1.19 bits per heavy atom. The molecule has 36 heavy (non-hydrogen) atoms. The summed E-state index contributed by atoms with van der Waals surface area (Å²) in [6.07, 6.45) is -3.74. The lowest BCUT2D eigenvalue weighted by atomic mass is 9.78. The van der Waals surface area contributed by atoms with Crippen molar-refractivity contribution in [2.75, 3.05) is 13.1 Å². The zero-order chi connectivity index (χ0) is 26.8. The Morgan fingerprint density at radius 2 is 1.83 bits per heavy atom. The predicted molar refractivity (Wildman–Crippen MR) is 113 cm³/mol. The fraction of sp³-hybridized carbons (Fsp3) is 0.316. The number of benzene rings is 1. The average molecular weight is 534 g/mol. The van der Waals surface area contributed by atoms with Gasteiger partial charge < -0.3 is 29.8 Å². The highest BCUT2D eigenvalue weighted by Gasteiger charge is 2.42. The zero-order valence-electron chi connectivity index (χ0n) is 18.1. The van der Waals surface area contributed by atoms with Crippen LogP contribution in [0.1, 0.15) is 15.9 Å². The topological polar surface area (TPSA) is 178 Å². The number of carbonyl (C=O) groups is 2. The minimum Gasteiger partial charge on any atom is -0.618 e. The first kappa shape index (κ1) is 27.0. The number of aryl methyl sites for hydroxylation is 1. The molecular weight excluding hydrogens is 516 g/mol. The lowest BCUT2D eigenvalue weighted by Crippen LogP contribution is -2.57. The Kier molecular flexibility index (Phi) is 7.66. The van der Waals surface area contributed by atoms with Crippen LogP contribution in [-0.4, -0.2) is 72.4 Å². The number of carboxylic acids is 2. The number of sulfonamides is 1. The van der Waals surface area contributed by atoms with E-state index >= 15 is 0 Å². The second-order valence-corrected chi connectivity index (χ2v) is 9.46. The lowest BCUT2D eigenvalue weighted by Gasteiger charge is -2.37. The van der Waals surface area contributed by atoms with Crippen molar-refractivity contribution in [3.8, 4) is 11.5 Å². The molecule has 12 nitrogen and oxygen atoms in total. The maximum atomic E-state index is 12.5. The molecule has 2 aromatic rings. The number of hydrogen-bond acceptors (Lipinski definition) is 8. The number of halogens is 3. The number of aromatic nitrogens is 1. The van der Waals surface area contributed by atoms with E-state index in [1.54, 1.807) is 6.07 Å². The molecule has 0 radical (unpaired) electrons. The number of hydrogen-bond donors (Lipinski definition) is 3. The van der Waals surface area contributed by atoms with Gasteiger partial charge in [-0.2, -0.15) is 22.2 Å². The molecule has 2 aliphatic heterocycles. The van der Waals surface area contributed by atoms with Gasteiger partial charge in [0.05, 0.1) is 13.1 Å². The van der Waals surface area contributed by atoms with Crippen LogP contribution in [0.3, 0.4) is 0 Å². The van der Waals surface area contributed by atoms with Crippen LogP contribution < -0.4 is 14.1 Å². The molecule has 0 saturated carbocycles. The van der Waals surface area contributed by atoms with Gasteiger partial charge >= 0.3 is 40.3 Å². The summed E-state index contributed by atoms with van der Waals surface area (Å²) in [5.41, 5.74) is 0.449. The third-order valence-electron chi connectivity index (χ3n) is 5.07.